The summed E-state index contributed by atoms with van der Waals surface area (Å²) >= 11 is 0. The van der Waals surface area contributed by atoms with Crippen LogP contribution in [0.25, 0.3) is 0 Å². The van der Waals surface area contributed by atoms with E-state index in [-0.39, 0.29) is 17.6 Å². The fourth-order valence-electron chi connectivity index (χ4n) is 1.79. The van der Waals surface area contributed by atoms with Crippen molar-refractivity contribution < 1.29 is 13.9 Å². The van der Waals surface area contributed by atoms with Crippen LogP contribution in [0.4, 0.5) is 10.3 Å². The summed E-state index contributed by atoms with van der Waals surface area (Å²) < 4.78 is 19.0. The Bertz CT molecular complexity index is 642. The molecule has 0 saturated carbocycles. The molecule has 2 rings (SSSR count). The lowest BCUT2D eigenvalue weighted by Crippen LogP contribution is -2.33. The largest absolute Gasteiger partial charge is 0.478 e. The molecule has 0 bridgehead atoms. The molecule has 0 radical (unpaired) electrons. The molecular formula is C15H19FN4O2. The van der Waals surface area contributed by atoms with E-state index < -0.39 is 17.8 Å². The van der Waals surface area contributed by atoms with Crippen molar-refractivity contribution in [2.45, 2.75) is 39.2 Å². The second-order valence-corrected chi connectivity index (χ2v) is 5.13. The number of carbonyl (C=O) groups excluding carboxylic acids is 1. The van der Waals surface area contributed by atoms with Crippen LogP contribution in [0, 0.1) is 5.82 Å². The summed E-state index contributed by atoms with van der Waals surface area (Å²) in [5, 5.41) is 9.24. The zero-order valence-electron chi connectivity index (χ0n) is 12.8. The Morgan fingerprint density at radius 3 is 2.73 bits per heavy atom. The second-order valence-electron chi connectivity index (χ2n) is 5.13. The number of rotatable bonds is 6. The number of nitrogens with one attached hydrogen (secondary N) is 2. The summed E-state index contributed by atoms with van der Waals surface area (Å²) in [5.41, 5.74) is 0. The van der Waals surface area contributed by atoms with Gasteiger partial charge in [-0.05, 0) is 18.6 Å². The Balaban J connectivity index is 2.04. The summed E-state index contributed by atoms with van der Waals surface area (Å²) in [6.07, 6.45) is -0.431. The Hall–Kier alpha value is -2.44. The average Bonchev–Trinajstić information content (AvgIpc) is 2.95. The summed E-state index contributed by atoms with van der Waals surface area (Å²) in [6.45, 7) is 5.70. The molecule has 0 saturated heterocycles. The van der Waals surface area contributed by atoms with Crippen LogP contribution >= 0.6 is 0 Å². The van der Waals surface area contributed by atoms with Crippen molar-refractivity contribution in [2.75, 3.05) is 5.32 Å². The number of aromatic nitrogens is 3. The Morgan fingerprint density at radius 1 is 1.41 bits per heavy atom. The molecule has 118 valence electrons. The highest BCUT2D eigenvalue weighted by Crippen LogP contribution is 2.18. The first-order valence-corrected chi connectivity index (χ1v) is 7.15. The minimum absolute atomic E-state index is 0.0438. The van der Waals surface area contributed by atoms with Gasteiger partial charge in [0.25, 0.3) is 5.91 Å². The van der Waals surface area contributed by atoms with Crippen LogP contribution in [0.1, 0.15) is 38.9 Å². The quantitative estimate of drug-likeness (QED) is 0.860. The van der Waals surface area contributed by atoms with E-state index in [0.717, 1.165) is 0 Å². The van der Waals surface area contributed by atoms with Gasteiger partial charge < -0.3 is 4.74 Å². The molecule has 2 aromatic rings. The monoisotopic (exact) mass is 306 g/mol. The van der Waals surface area contributed by atoms with Crippen LogP contribution in [0.5, 0.6) is 5.75 Å². The van der Waals surface area contributed by atoms with Gasteiger partial charge in [-0.25, -0.2) is 4.39 Å². The molecule has 1 amide bonds. The maximum Gasteiger partial charge on any atom is 0.267 e. The average molecular weight is 306 g/mol. The molecule has 1 atom stereocenters. The summed E-state index contributed by atoms with van der Waals surface area (Å²) in [5.74, 6) is 0.161. The Morgan fingerprint density at radius 2 is 2.14 bits per heavy atom. The lowest BCUT2D eigenvalue weighted by molar-refractivity contribution is -0.123. The molecule has 0 aliphatic heterocycles. The van der Waals surface area contributed by atoms with E-state index in [1.54, 1.807) is 19.1 Å². The number of amides is 1. The molecule has 1 heterocycles. The Kier molecular flexibility index (Phi) is 5.08. The molecule has 1 unspecified atom stereocenters. The topological polar surface area (TPSA) is 79.9 Å². The van der Waals surface area contributed by atoms with E-state index in [9.17, 15) is 9.18 Å². The number of benzene rings is 1. The van der Waals surface area contributed by atoms with E-state index in [4.69, 9.17) is 4.74 Å². The molecule has 22 heavy (non-hydrogen) atoms. The minimum Gasteiger partial charge on any atom is -0.478 e. The second kappa shape index (κ2) is 7.02. The van der Waals surface area contributed by atoms with Crippen LogP contribution in [0.2, 0.25) is 0 Å². The number of aromatic amines is 1. The Labute approximate surface area is 128 Å². The number of hydrogen-bond donors (Lipinski definition) is 2. The predicted molar refractivity (Wildman–Crippen MR) is 80.2 cm³/mol. The molecule has 1 aromatic heterocycles. The highest BCUT2D eigenvalue weighted by atomic mass is 19.1. The number of nitrogens with zero attached hydrogens (tertiary/aromatic N) is 2. The van der Waals surface area contributed by atoms with Gasteiger partial charge in [-0.3, -0.25) is 15.2 Å². The standard InChI is InChI=1S/C15H19FN4O2/c1-4-11(22-12-8-6-5-7-10(12)16)14(21)18-15-17-13(9(2)3)19-20-15/h5-9,11H,4H2,1-3H3,(H2,17,18,19,20,21). The van der Waals surface area contributed by atoms with Crippen molar-refractivity contribution in [3.8, 4) is 5.75 Å². The smallest absolute Gasteiger partial charge is 0.267 e. The number of para-hydroxylation sites is 1. The number of ether oxygens (including phenoxy) is 1. The number of H-pyrrole nitrogens is 1. The minimum atomic E-state index is -0.821. The van der Waals surface area contributed by atoms with E-state index in [0.29, 0.717) is 12.2 Å². The van der Waals surface area contributed by atoms with Crippen LogP contribution in [-0.4, -0.2) is 27.2 Å². The van der Waals surface area contributed by atoms with Crippen LogP contribution < -0.4 is 10.1 Å². The number of hydrogen-bond acceptors (Lipinski definition) is 4. The summed E-state index contributed by atoms with van der Waals surface area (Å²) in [7, 11) is 0. The maximum atomic E-state index is 13.6. The van der Waals surface area contributed by atoms with Crippen LogP contribution in [-0.2, 0) is 4.79 Å². The first-order valence-electron chi connectivity index (χ1n) is 7.15. The first-order chi connectivity index (χ1) is 10.5. The normalized spacial score (nSPS) is 12.2. The van der Waals surface area contributed by atoms with Gasteiger partial charge in [0.05, 0.1) is 0 Å². The van der Waals surface area contributed by atoms with Gasteiger partial charge in [-0.15, -0.1) is 5.10 Å². The summed E-state index contributed by atoms with van der Waals surface area (Å²) in [6, 6.07) is 5.97. The van der Waals surface area contributed by atoms with E-state index in [2.05, 4.69) is 20.5 Å². The molecule has 2 N–H and O–H groups in total. The molecule has 0 aliphatic carbocycles. The van der Waals surface area contributed by atoms with Gasteiger partial charge in [-0.1, -0.05) is 32.9 Å². The van der Waals surface area contributed by atoms with Crippen LogP contribution in [0.15, 0.2) is 24.3 Å². The van der Waals surface area contributed by atoms with Crippen molar-refractivity contribution in [2.24, 2.45) is 0 Å². The lowest BCUT2D eigenvalue weighted by Gasteiger charge is -2.16. The van der Waals surface area contributed by atoms with Gasteiger partial charge >= 0.3 is 0 Å². The van der Waals surface area contributed by atoms with Crippen molar-refractivity contribution in [3.05, 3.63) is 35.9 Å². The fourth-order valence-corrected chi connectivity index (χ4v) is 1.79. The first kappa shape index (κ1) is 15.9. The van der Waals surface area contributed by atoms with Gasteiger partial charge in [0, 0.05) is 5.92 Å². The van der Waals surface area contributed by atoms with Gasteiger partial charge in [0.2, 0.25) is 5.95 Å². The predicted octanol–water partition coefficient (Wildman–Crippen LogP) is 2.86. The lowest BCUT2D eigenvalue weighted by atomic mass is 10.2. The zero-order valence-corrected chi connectivity index (χ0v) is 12.8. The molecule has 0 spiro atoms. The molecular weight excluding hydrogens is 287 g/mol. The molecule has 0 aliphatic rings. The summed E-state index contributed by atoms with van der Waals surface area (Å²) in [4.78, 5) is 16.3. The zero-order chi connectivity index (χ0) is 16.1. The number of carbonyl (C=O) groups is 1. The highest BCUT2D eigenvalue weighted by molar-refractivity contribution is 5.92. The van der Waals surface area contributed by atoms with Crippen molar-refractivity contribution in [1.82, 2.24) is 15.2 Å². The van der Waals surface area contributed by atoms with Crippen molar-refractivity contribution in [3.63, 3.8) is 0 Å². The van der Waals surface area contributed by atoms with Crippen LogP contribution in [0.3, 0.4) is 0 Å². The third-order valence-corrected chi connectivity index (χ3v) is 3.05. The van der Waals surface area contributed by atoms with E-state index in [1.165, 1.54) is 12.1 Å². The molecule has 1 aromatic carbocycles. The van der Waals surface area contributed by atoms with E-state index >= 15 is 0 Å². The number of halogens is 1. The SMILES string of the molecule is CCC(Oc1ccccc1F)C(=O)Nc1n[nH]c(C(C)C)n1. The van der Waals surface area contributed by atoms with E-state index in [1.807, 2.05) is 13.8 Å². The molecule has 7 heteroatoms. The molecule has 6 nitrogen and oxygen atoms in total. The van der Waals surface area contributed by atoms with Gasteiger partial charge in [0.1, 0.15) is 5.82 Å². The fraction of sp³-hybridized carbons (Fsp3) is 0.400. The van der Waals surface area contributed by atoms with Crippen molar-refractivity contribution in [1.29, 1.82) is 0 Å². The molecule has 0 fully saturated rings. The number of anilines is 1. The van der Waals surface area contributed by atoms with Gasteiger partial charge in [0.15, 0.2) is 17.7 Å². The van der Waals surface area contributed by atoms with Crippen molar-refractivity contribution >= 4 is 11.9 Å². The van der Waals surface area contributed by atoms with Gasteiger partial charge in [-0.2, -0.15) is 4.98 Å². The maximum absolute atomic E-state index is 13.6. The highest BCUT2D eigenvalue weighted by Gasteiger charge is 2.21. The third kappa shape index (κ3) is 3.81. The third-order valence-electron chi connectivity index (χ3n) is 3.05.